The van der Waals surface area contributed by atoms with Crippen LogP contribution in [0, 0.1) is 25.7 Å². The Bertz CT molecular complexity index is 1880. The zero-order valence-corrected chi connectivity index (χ0v) is 31.4. The van der Waals surface area contributed by atoms with Crippen molar-refractivity contribution in [3.63, 3.8) is 0 Å². The van der Waals surface area contributed by atoms with E-state index in [1.165, 1.54) is 34.4 Å². The highest BCUT2D eigenvalue weighted by molar-refractivity contribution is 6.61. The number of rotatable bonds is 12. The highest BCUT2D eigenvalue weighted by atomic mass is 35.5. The van der Waals surface area contributed by atoms with Crippen molar-refractivity contribution in [2.75, 3.05) is 27.4 Å². The summed E-state index contributed by atoms with van der Waals surface area (Å²) in [4.78, 5) is 51.5. The summed E-state index contributed by atoms with van der Waals surface area (Å²) >= 11 is 4.86. The molecule has 0 saturated heterocycles. The second kappa shape index (κ2) is 22.0. The number of esters is 1. The number of aryl methyl sites for hydroxylation is 2. The summed E-state index contributed by atoms with van der Waals surface area (Å²) in [5.41, 5.74) is 2.92. The van der Waals surface area contributed by atoms with E-state index in [0.717, 1.165) is 40.2 Å². The van der Waals surface area contributed by atoms with E-state index in [1.54, 1.807) is 14.2 Å². The molecule has 0 unspecified atom stereocenters. The normalized spacial score (nSPS) is 10.7. The van der Waals surface area contributed by atoms with Gasteiger partial charge in [0.2, 0.25) is 0 Å². The summed E-state index contributed by atoms with van der Waals surface area (Å²) in [5.74, 6) is 1.04. The van der Waals surface area contributed by atoms with Gasteiger partial charge in [0.25, 0.3) is 0 Å². The first kappa shape index (κ1) is 43.1. The van der Waals surface area contributed by atoms with Gasteiger partial charge in [-0.1, -0.05) is 27.7 Å². The van der Waals surface area contributed by atoms with Crippen LogP contribution in [0.5, 0.6) is 11.5 Å². The van der Waals surface area contributed by atoms with Crippen molar-refractivity contribution in [1.29, 1.82) is 0 Å². The van der Waals surface area contributed by atoms with Gasteiger partial charge in [0.1, 0.15) is 24.2 Å². The number of carbonyl (C=O) groups excluding carboxylic acids is 3. The minimum Gasteiger partial charge on any atom is -0.497 e. The number of hydrogen-bond donors (Lipinski definition) is 1. The molecule has 0 bridgehead atoms. The molecular weight excluding hydrogens is 712 g/mol. The first-order valence-electron chi connectivity index (χ1n) is 16.0. The van der Waals surface area contributed by atoms with E-state index in [1.807, 2.05) is 77.9 Å². The third kappa shape index (κ3) is 17.2. The van der Waals surface area contributed by atoms with E-state index in [9.17, 15) is 19.2 Å². The Morgan fingerprint density at radius 2 is 1.19 bits per heavy atom. The number of aliphatic carboxylic acids is 1. The molecule has 284 valence electrons. The van der Waals surface area contributed by atoms with Gasteiger partial charge in [0.15, 0.2) is 11.6 Å². The average molecular weight is 755 g/mol. The van der Waals surface area contributed by atoms with E-state index >= 15 is 0 Å². The maximum Gasteiger partial charge on any atom is 0.516 e. The highest BCUT2D eigenvalue weighted by Gasteiger charge is 2.11. The van der Waals surface area contributed by atoms with Crippen LogP contribution in [0.2, 0.25) is 0 Å². The van der Waals surface area contributed by atoms with Crippen molar-refractivity contribution in [1.82, 2.24) is 29.5 Å². The van der Waals surface area contributed by atoms with Crippen LogP contribution in [-0.2, 0) is 23.8 Å². The van der Waals surface area contributed by atoms with Gasteiger partial charge in [0.05, 0.1) is 27.4 Å². The summed E-state index contributed by atoms with van der Waals surface area (Å²) in [7, 11) is 3.19. The van der Waals surface area contributed by atoms with Gasteiger partial charge in [-0.3, -0.25) is 0 Å². The third-order valence-corrected chi connectivity index (χ3v) is 6.20. The summed E-state index contributed by atoms with van der Waals surface area (Å²) in [6, 6.07) is 11.3. The SMILES string of the molecule is CC(C)COC(=O)Cl.COc1cc(C)cc(-c2ncn(/C=C\C(=O)O)n2)c1.COc1cc(C)cc(-c2ncn(/C=C\C(=O)OC(=O)OCC(C)C)n2)c1. The van der Waals surface area contributed by atoms with Crippen molar-refractivity contribution in [3.8, 4) is 34.3 Å². The molecule has 2 heterocycles. The van der Waals surface area contributed by atoms with Crippen LogP contribution in [0.4, 0.5) is 9.59 Å². The van der Waals surface area contributed by atoms with E-state index < -0.39 is 23.5 Å². The van der Waals surface area contributed by atoms with Crippen molar-refractivity contribution in [2.24, 2.45) is 11.8 Å². The number of nitrogens with zero attached hydrogens (tertiary/aromatic N) is 6. The summed E-state index contributed by atoms with van der Waals surface area (Å²) < 4.78 is 26.8. The fraction of sp³-hybridized carbons (Fsp3) is 0.333. The Labute approximate surface area is 311 Å². The number of carbonyl (C=O) groups is 4. The number of halogens is 1. The topological polar surface area (TPSA) is 196 Å². The summed E-state index contributed by atoms with van der Waals surface area (Å²) in [5, 5.41) is 17.0. The quantitative estimate of drug-likeness (QED) is 0.0678. The second-order valence-electron chi connectivity index (χ2n) is 11.9. The molecule has 0 aliphatic heterocycles. The van der Waals surface area contributed by atoms with Gasteiger partial charge < -0.3 is 28.8 Å². The van der Waals surface area contributed by atoms with Gasteiger partial charge in [-0.05, 0) is 73.2 Å². The monoisotopic (exact) mass is 754 g/mol. The molecule has 0 fully saturated rings. The fourth-order valence-electron chi connectivity index (χ4n) is 3.84. The smallest absolute Gasteiger partial charge is 0.497 e. The lowest BCUT2D eigenvalue weighted by Crippen LogP contribution is -2.14. The molecule has 53 heavy (non-hydrogen) atoms. The molecule has 2 aromatic heterocycles. The first-order chi connectivity index (χ1) is 25.1. The van der Waals surface area contributed by atoms with Gasteiger partial charge >= 0.3 is 23.5 Å². The van der Waals surface area contributed by atoms with Gasteiger partial charge in [0, 0.05) is 47.3 Å². The molecule has 2 aromatic carbocycles. The number of ether oxygens (including phenoxy) is 5. The lowest BCUT2D eigenvalue weighted by Gasteiger charge is -2.05. The Hall–Kier alpha value is -6.03. The molecule has 0 atom stereocenters. The number of carboxylic acids is 1. The Morgan fingerprint density at radius 3 is 1.58 bits per heavy atom. The Kier molecular flexibility index (Phi) is 17.9. The molecule has 0 aliphatic rings. The lowest BCUT2D eigenvalue weighted by atomic mass is 10.1. The molecule has 4 rings (SSSR count). The van der Waals surface area contributed by atoms with E-state index in [2.05, 4.69) is 29.6 Å². The van der Waals surface area contributed by atoms with Gasteiger partial charge in [-0.2, -0.15) is 0 Å². The van der Waals surface area contributed by atoms with Crippen LogP contribution in [0.1, 0.15) is 38.8 Å². The fourth-order valence-corrected chi connectivity index (χ4v) is 3.90. The standard InChI is InChI=1S/C18H21N3O5.C13H13N3O3.C5H9ClO2/c1-12(2)10-25-18(23)26-16(22)5-6-21-11-19-17(20-21)14-7-13(3)8-15(9-14)24-4;1-9-5-10(7-11(6-9)19-2)13-14-8-16(15-13)4-3-12(17)18;1-4(2)3-8-5(6)7/h5-9,11-12H,10H2,1-4H3;3-8H,1-2H3,(H,17,18);4H,3H2,1-2H3/b6-5-;4-3-;. The Balaban J connectivity index is 0.000000314. The largest absolute Gasteiger partial charge is 0.516 e. The molecule has 0 amide bonds. The molecule has 0 radical (unpaired) electrons. The van der Waals surface area contributed by atoms with E-state index in [4.69, 9.17) is 30.9 Å². The number of methoxy groups -OCH3 is 2. The number of hydrogen-bond acceptors (Lipinski definition) is 13. The van der Waals surface area contributed by atoms with Crippen LogP contribution < -0.4 is 9.47 Å². The Morgan fingerprint density at radius 1 is 0.736 bits per heavy atom. The maximum absolute atomic E-state index is 11.6. The lowest BCUT2D eigenvalue weighted by molar-refractivity contribution is -0.134. The first-order valence-corrected chi connectivity index (χ1v) is 16.4. The molecule has 0 saturated carbocycles. The summed E-state index contributed by atoms with van der Waals surface area (Å²) in [6.45, 7) is 12.1. The summed E-state index contributed by atoms with van der Waals surface area (Å²) in [6.07, 6.45) is 6.57. The molecule has 0 aliphatic carbocycles. The predicted molar refractivity (Wildman–Crippen MR) is 196 cm³/mol. The minimum absolute atomic E-state index is 0.155. The second-order valence-corrected chi connectivity index (χ2v) is 12.2. The van der Waals surface area contributed by atoms with Crippen LogP contribution in [0.15, 0.2) is 61.2 Å². The zero-order valence-electron chi connectivity index (χ0n) is 30.7. The van der Waals surface area contributed by atoms with Crippen LogP contribution >= 0.6 is 11.6 Å². The third-order valence-electron chi connectivity index (χ3n) is 6.09. The molecular formula is C36H43ClN6O10. The van der Waals surface area contributed by atoms with Crippen molar-refractivity contribution >= 4 is 47.5 Å². The van der Waals surface area contributed by atoms with E-state index in [0.29, 0.717) is 29.9 Å². The van der Waals surface area contributed by atoms with Crippen molar-refractivity contribution < 1.29 is 48.0 Å². The van der Waals surface area contributed by atoms with E-state index in [-0.39, 0.29) is 12.5 Å². The average Bonchev–Trinajstić information content (AvgIpc) is 3.78. The molecule has 16 nitrogen and oxygen atoms in total. The molecule has 1 N–H and O–H groups in total. The van der Waals surface area contributed by atoms with Gasteiger partial charge in [-0.15, -0.1) is 10.2 Å². The van der Waals surface area contributed by atoms with Crippen LogP contribution in [0.25, 0.3) is 35.2 Å². The number of benzene rings is 2. The van der Waals surface area contributed by atoms with Crippen LogP contribution in [-0.4, -0.2) is 85.6 Å². The van der Waals surface area contributed by atoms with Crippen molar-refractivity contribution in [2.45, 2.75) is 41.5 Å². The zero-order chi connectivity index (χ0) is 39.5. The minimum atomic E-state index is -1.03. The molecule has 17 heteroatoms. The highest BCUT2D eigenvalue weighted by Crippen LogP contribution is 2.24. The van der Waals surface area contributed by atoms with Crippen LogP contribution in [0.3, 0.4) is 0 Å². The predicted octanol–water partition coefficient (Wildman–Crippen LogP) is 6.90. The molecule has 0 spiro atoms. The van der Waals surface area contributed by atoms with Gasteiger partial charge in [-0.25, -0.2) is 38.5 Å². The maximum atomic E-state index is 11.6. The van der Waals surface area contributed by atoms with Crippen molar-refractivity contribution in [3.05, 3.63) is 72.3 Å². The number of carboxylic acid groups (broad SMARTS) is 1. The number of aromatic nitrogens is 6. The molecule has 4 aromatic rings.